The van der Waals surface area contributed by atoms with Crippen molar-refractivity contribution in [1.29, 1.82) is 0 Å². The largest absolute Gasteiger partial charge is 0.479 e. The zero-order chi connectivity index (χ0) is 18.6. The van der Waals surface area contributed by atoms with Crippen molar-refractivity contribution in [2.24, 2.45) is 11.3 Å². The van der Waals surface area contributed by atoms with Crippen molar-refractivity contribution in [2.45, 2.75) is 26.9 Å². The van der Waals surface area contributed by atoms with Crippen LogP contribution in [-0.4, -0.2) is 39.1 Å². The summed E-state index contributed by atoms with van der Waals surface area (Å²) in [6.07, 6.45) is 3.82. The summed E-state index contributed by atoms with van der Waals surface area (Å²) in [7, 11) is 1.40. The van der Waals surface area contributed by atoms with Crippen LogP contribution in [0.1, 0.15) is 26.3 Å². The topological polar surface area (TPSA) is 77.2 Å². The molecule has 2 rings (SSSR count). The molecule has 2 unspecified atom stereocenters. The Balaban J connectivity index is 2.62. The van der Waals surface area contributed by atoms with Crippen LogP contribution in [0.4, 0.5) is 0 Å². The highest BCUT2D eigenvalue weighted by Crippen LogP contribution is 2.39. The molecule has 1 aromatic heterocycles. The molecule has 2 atom stereocenters. The Bertz CT molecular complexity index is 734. The Morgan fingerprint density at radius 3 is 2.40 bits per heavy atom. The van der Waals surface area contributed by atoms with Crippen molar-refractivity contribution >= 4 is 29.3 Å². The first-order valence-electron chi connectivity index (χ1n) is 7.82. The summed E-state index contributed by atoms with van der Waals surface area (Å²) >= 11 is 5.95. The first kappa shape index (κ1) is 19.1. The minimum absolute atomic E-state index is 0.400. The standard InChI is InChI=1S/C18H22ClN3O3/c1-18(2,3)15(16(25-4)17(23)24)14(22-11-20-10-21-22)9-12-5-7-13(19)8-6-12/h5-11,15-16H,1-4H3,(H,23,24)/b14-9+. The summed E-state index contributed by atoms with van der Waals surface area (Å²) < 4.78 is 6.90. The minimum atomic E-state index is -1.03. The summed E-state index contributed by atoms with van der Waals surface area (Å²) in [5, 5.41) is 14.5. The number of aliphatic carboxylic acids is 1. The average molecular weight is 364 g/mol. The van der Waals surface area contributed by atoms with E-state index in [9.17, 15) is 9.90 Å². The number of carboxylic acids is 1. The number of carbonyl (C=O) groups is 1. The maximum Gasteiger partial charge on any atom is 0.333 e. The second kappa shape index (κ2) is 7.80. The van der Waals surface area contributed by atoms with E-state index < -0.39 is 23.4 Å². The lowest BCUT2D eigenvalue weighted by atomic mass is 9.74. The predicted molar refractivity (Wildman–Crippen MR) is 97.0 cm³/mol. The quantitative estimate of drug-likeness (QED) is 0.846. The van der Waals surface area contributed by atoms with Gasteiger partial charge in [0, 0.05) is 18.1 Å². The number of benzene rings is 1. The van der Waals surface area contributed by atoms with E-state index in [0.29, 0.717) is 10.7 Å². The van der Waals surface area contributed by atoms with Crippen LogP contribution in [0.3, 0.4) is 0 Å². The third-order valence-corrected chi connectivity index (χ3v) is 4.17. The van der Waals surface area contributed by atoms with E-state index in [1.54, 1.807) is 23.1 Å². The number of nitrogens with zero attached hydrogens (tertiary/aromatic N) is 3. The zero-order valence-electron chi connectivity index (χ0n) is 14.7. The van der Waals surface area contributed by atoms with Crippen molar-refractivity contribution < 1.29 is 14.6 Å². The molecular formula is C18H22ClN3O3. The molecule has 0 saturated carbocycles. The van der Waals surface area contributed by atoms with Crippen LogP contribution in [0.25, 0.3) is 11.8 Å². The van der Waals surface area contributed by atoms with Gasteiger partial charge in [0.25, 0.3) is 0 Å². The number of methoxy groups -OCH3 is 1. The predicted octanol–water partition coefficient (Wildman–Crippen LogP) is 3.69. The summed E-state index contributed by atoms with van der Waals surface area (Å²) in [5.41, 5.74) is 1.16. The fourth-order valence-electron chi connectivity index (χ4n) is 2.80. The van der Waals surface area contributed by atoms with E-state index in [1.807, 2.05) is 39.0 Å². The van der Waals surface area contributed by atoms with Gasteiger partial charge in [-0.3, -0.25) is 0 Å². The van der Waals surface area contributed by atoms with E-state index in [-0.39, 0.29) is 0 Å². The highest BCUT2D eigenvalue weighted by molar-refractivity contribution is 6.30. The maximum absolute atomic E-state index is 11.8. The molecule has 25 heavy (non-hydrogen) atoms. The van der Waals surface area contributed by atoms with Crippen LogP contribution >= 0.6 is 11.6 Å². The zero-order valence-corrected chi connectivity index (χ0v) is 15.4. The highest BCUT2D eigenvalue weighted by atomic mass is 35.5. The Morgan fingerprint density at radius 2 is 1.96 bits per heavy atom. The monoisotopic (exact) mass is 363 g/mol. The number of aromatic nitrogens is 3. The minimum Gasteiger partial charge on any atom is -0.479 e. The lowest BCUT2D eigenvalue weighted by Gasteiger charge is -2.36. The van der Waals surface area contributed by atoms with Gasteiger partial charge >= 0.3 is 5.97 Å². The van der Waals surface area contributed by atoms with Crippen LogP contribution < -0.4 is 0 Å². The Kier molecular flexibility index (Phi) is 5.98. The molecule has 1 N–H and O–H groups in total. The Morgan fingerprint density at radius 1 is 1.32 bits per heavy atom. The molecule has 0 amide bonds. The van der Waals surface area contributed by atoms with Crippen molar-refractivity contribution in [3.63, 3.8) is 0 Å². The number of hydrogen-bond donors (Lipinski definition) is 1. The Hall–Kier alpha value is -2.18. The second-order valence-electron chi connectivity index (χ2n) is 6.80. The van der Waals surface area contributed by atoms with E-state index in [1.165, 1.54) is 13.4 Å². The third kappa shape index (κ3) is 4.67. The van der Waals surface area contributed by atoms with Crippen LogP contribution in [-0.2, 0) is 9.53 Å². The summed E-state index contributed by atoms with van der Waals surface area (Å²) in [5.74, 6) is -1.49. The fraction of sp³-hybridized carbons (Fsp3) is 0.389. The number of hydrogen-bond acceptors (Lipinski definition) is 4. The van der Waals surface area contributed by atoms with E-state index >= 15 is 0 Å². The highest BCUT2D eigenvalue weighted by Gasteiger charge is 2.40. The number of carboxylic acid groups (broad SMARTS) is 1. The molecule has 134 valence electrons. The molecule has 0 aliphatic heterocycles. The molecule has 0 aliphatic carbocycles. The number of ether oxygens (including phenoxy) is 1. The molecule has 0 spiro atoms. The van der Waals surface area contributed by atoms with Crippen molar-refractivity contribution in [3.05, 3.63) is 47.5 Å². The first-order valence-corrected chi connectivity index (χ1v) is 8.19. The van der Waals surface area contributed by atoms with E-state index in [0.717, 1.165) is 5.56 Å². The summed E-state index contributed by atoms with van der Waals surface area (Å²) in [6.45, 7) is 5.91. The van der Waals surface area contributed by atoms with Gasteiger partial charge < -0.3 is 9.84 Å². The molecule has 2 aromatic rings. The smallest absolute Gasteiger partial charge is 0.333 e. The normalized spacial score (nSPS) is 15.0. The molecule has 0 bridgehead atoms. The molecule has 0 saturated heterocycles. The van der Waals surface area contributed by atoms with Gasteiger partial charge in [0.2, 0.25) is 0 Å². The maximum atomic E-state index is 11.8. The van der Waals surface area contributed by atoms with Gasteiger partial charge in [-0.15, -0.1) is 0 Å². The van der Waals surface area contributed by atoms with Crippen LogP contribution in [0.5, 0.6) is 0 Å². The fourth-order valence-corrected chi connectivity index (χ4v) is 2.93. The van der Waals surface area contributed by atoms with Crippen LogP contribution in [0, 0.1) is 11.3 Å². The SMILES string of the molecule is COC(C(=O)O)C(/C(=C\c1ccc(Cl)cc1)n1cncn1)C(C)(C)C. The Labute approximate surface area is 152 Å². The summed E-state index contributed by atoms with van der Waals surface area (Å²) in [4.78, 5) is 15.8. The van der Waals surface area contributed by atoms with Gasteiger partial charge in [0.05, 0.1) is 5.70 Å². The number of halogens is 1. The third-order valence-electron chi connectivity index (χ3n) is 3.92. The lowest BCUT2D eigenvalue weighted by molar-refractivity contribution is -0.153. The molecular weight excluding hydrogens is 342 g/mol. The molecule has 7 heteroatoms. The molecule has 0 aliphatic rings. The molecule has 1 heterocycles. The average Bonchev–Trinajstić information content (AvgIpc) is 3.05. The van der Waals surface area contributed by atoms with Gasteiger partial charge in [0.1, 0.15) is 12.7 Å². The summed E-state index contributed by atoms with van der Waals surface area (Å²) in [6, 6.07) is 7.29. The van der Waals surface area contributed by atoms with E-state index in [4.69, 9.17) is 16.3 Å². The van der Waals surface area contributed by atoms with Crippen molar-refractivity contribution in [1.82, 2.24) is 14.8 Å². The molecule has 1 aromatic carbocycles. The lowest BCUT2D eigenvalue weighted by Crippen LogP contribution is -2.41. The molecule has 0 fully saturated rings. The van der Waals surface area contributed by atoms with Gasteiger partial charge in [-0.1, -0.05) is 44.5 Å². The molecule has 0 radical (unpaired) electrons. The number of rotatable bonds is 6. The van der Waals surface area contributed by atoms with Gasteiger partial charge in [-0.05, 0) is 29.2 Å². The van der Waals surface area contributed by atoms with Gasteiger partial charge in [-0.2, -0.15) is 5.10 Å². The first-order chi connectivity index (χ1) is 11.7. The van der Waals surface area contributed by atoms with Gasteiger partial charge in [-0.25, -0.2) is 14.5 Å². The van der Waals surface area contributed by atoms with Crippen LogP contribution in [0.15, 0.2) is 36.9 Å². The van der Waals surface area contributed by atoms with Crippen molar-refractivity contribution in [2.75, 3.05) is 7.11 Å². The van der Waals surface area contributed by atoms with E-state index in [2.05, 4.69) is 10.1 Å². The van der Waals surface area contributed by atoms with Gasteiger partial charge in [0.15, 0.2) is 6.10 Å². The second-order valence-corrected chi connectivity index (χ2v) is 7.24. The molecule has 6 nitrogen and oxygen atoms in total. The van der Waals surface area contributed by atoms with Crippen LogP contribution in [0.2, 0.25) is 5.02 Å². The van der Waals surface area contributed by atoms with Crippen molar-refractivity contribution in [3.8, 4) is 0 Å².